The fraction of sp³-hybridized carbons (Fsp3) is 0.438. The number of aliphatic hydroxyl groups excluding tert-OH is 2. The highest BCUT2D eigenvalue weighted by molar-refractivity contribution is 5.79. The number of allylic oxidation sites excluding steroid dienone is 1. The molecule has 0 unspecified atom stereocenters. The van der Waals surface area contributed by atoms with E-state index in [4.69, 9.17) is 19.7 Å². The molecule has 6 heteroatoms. The van der Waals surface area contributed by atoms with Gasteiger partial charge in [-0.25, -0.2) is 4.79 Å². The molecule has 0 aliphatic carbocycles. The Balaban J connectivity index is 2.58. The van der Waals surface area contributed by atoms with Crippen LogP contribution in [-0.4, -0.2) is 47.7 Å². The molecule has 0 amide bonds. The quantitative estimate of drug-likeness (QED) is 0.567. The number of benzene rings is 1. The van der Waals surface area contributed by atoms with Gasteiger partial charge in [0, 0.05) is 13.2 Å². The highest BCUT2D eigenvalue weighted by atomic mass is 16.5. The summed E-state index contributed by atoms with van der Waals surface area (Å²) in [6, 6.07) is 6.89. The second-order valence-corrected chi connectivity index (χ2v) is 4.68. The zero-order chi connectivity index (χ0) is 16.4. The monoisotopic (exact) mass is 310 g/mol. The van der Waals surface area contributed by atoms with Gasteiger partial charge in [0.05, 0.1) is 12.7 Å². The molecule has 0 fully saturated rings. The van der Waals surface area contributed by atoms with Crippen LogP contribution >= 0.6 is 0 Å². The SMILES string of the molecule is CO[C@@H](CC/C=C/C(=O)O)[C@@H](O)c1ccc(OCCO)cc1. The molecule has 0 heterocycles. The molecular formula is C16H22O6. The molecule has 0 bridgehead atoms. The molecule has 0 saturated carbocycles. The number of aliphatic hydroxyl groups is 2. The first-order valence-corrected chi connectivity index (χ1v) is 7.02. The van der Waals surface area contributed by atoms with Gasteiger partial charge in [-0.3, -0.25) is 0 Å². The zero-order valence-electron chi connectivity index (χ0n) is 12.5. The Kier molecular flexibility index (Phi) is 8.21. The zero-order valence-corrected chi connectivity index (χ0v) is 12.5. The fourth-order valence-electron chi connectivity index (χ4n) is 1.99. The average Bonchev–Trinajstić information content (AvgIpc) is 2.52. The van der Waals surface area contributed by atoms with Crippen LogP contribution in [0.4, 0.5) is 0 Å². The van der Waals surface area contributed by atoms with E-state index in [0.717, 1.165) is 6.08 Å². The highest BCUT2D eigenvalue weighted by Gasteiger charge is 2.19. The Hall–Kier alpha value is -1.89. The predicted molar refractivity (Wildman–Crippen MR) is 80.8 cm³/mol. The van der Waals surface area contributed by atoms with Gasteiger partial charge in [-0.15, -0.1) is 0 Å². The summed E-state index contributed by atoms with van der Waals surface area (Å²) in [7, 11) is 1.51. The lowest BCUT2D eigenvalue weighted by molar-refractivity contribution is -0.131. The van der Waals surface area contributed by atoms with Gasteiger partial charge in [-0.1, -0.05) is 18.2 Å². The van der Waals surface area contributed by atoms with E-state index in [9.17, 15) is 9.90 Å². The molecule has 0 radical (unpaired) electrons. The van der Waals surface area contributed by atoms with Crippen LogP contribution in [0.2, 0.25) is 0 Å². The van der Waals surface area contributed by atoms with Crippen molar-refractivity contribution in [2.75, 3.05) is 20.3 Å². The van der Waals surface area contributed by atoms with Crippen LogP contribution in [-0.2, 0) is 9.53 Å². The first-order valence-electron chi connectivity index (χ1n) is 7.02. The van der Waals surface area contributed by atoms with Crippen molar-refractivity contribution < 1.29 is 29.6 Å². The summed E-state index contributed by atoms with van der Waals surface area (Å²) >= 11 is 0. The molecular weight excluding hydrogens is 288 g/mol. The summed E-state index contributed by atoms with van der Waals surface area (Å²) in [4.78, 5) is 10.4. The Labute approximate surface area is 129 Å². The van der Waals surface area contributed by atoms with Gasteiger partial charge in [-0.2, -0.15) is 0 Å². The minimum absolute atomic E-state index is 0.0556. The van der Waals surface area contributed by atoms with Crippen LogP contribution in [0, 0.1) is 0 Å². The van der Waals surface area contributed by atoms with E-state index in [1.807, 2.05) is 0 Å². The molecule has 122 valence electrons. The van der Waals surface area contributed by atoms with Gasteiger partial charge >= 0.3 is 5.97 Å². The van der Waals surface area contributed by atoms with Crippen molar-refractivity contribution in [1.29, 1.82) is 0 Å². The van der Waals surface area contributed by atoms with Crippen LogP contribution < -0.4 is 4.74 Å². The Bertz CT molecular complexity index is 468. The lowest BCUT2D eigenvalue weighted by atomic mass is 10.0. The number of aliphatic carboxylic acids is 1. The first-order chi connectivity index (χ1) is 10.6. The number of ether oxygens (including phenoxy) is 2. The number of rotatable bonds is 10. The molecule has 0 aliphatic heterocycles. The van der Waals surface area contributed by atoms with Gasteiger partial charge in [0.25, 0.3) is 0 Å². The van der Waals surface area contributed by atoms with Gasteiger partial charge in [0.15, 0.2) is 0 Å². The number of hydrogen-bond acceptors (Lipinski definition) is 5. The molecule has 22 heavy (non-hydrogen) atoms. The predicted octanol–water partition coefficient (Wildman–Crippen LogP) is 1.53. The summed E-state index contributed by atoms with van der Waals surface area (Å²) in [5, 5.41) is 27.5. The maximum atomic E-state index is 10.4. The topological polar surface area (TPSA) is 96.2 Å². The van der Waals surface area contributed by atoms with Gasteiger partial charge < -0.3 is 24.8 Å². The normalized spacial score (nSPS) is 14.0. The molecule has 6 nitrogen and oxygen atoms in total. The van der Waals surface area contributed by atoms with Crippen LogP contribution in [0.5, 0.6) is 5.75 Å². The van der Waals surface area contributed by atoms with Gasteiger partial charge in [0.1, 0.15) is 18.5 Å². The van der Waals surface area contributed by atoms with Crippen LogP contribution in [0.15, 0.2) is 36.4 Å². The largest absolute Gasteiger partial charge is 0.491 e. The maximum absolute atomic E-state index is 10.4. The first kappa shape index (κ1) is 18.2. The number of carboxylic acid groups (broad SMARTS) is 1. The van der Waals surface area contributed by atoms with Crippen molar-refractivity contribution in [3.8, 4) is 5.75 Å². The van der Waals surface area contributed by atoms with Crippen molar-refractivity contribution in [2.24, 2.45) is 0 Å². The minimum Gasteiger partial charge on any atom is -0.491 e. The van der Waals surface area contributed by atoms with Crippen molar-refractivity contribution in [3.63, 3.8) is 0 Å². The third kappa shape index (κ3) is 6.26. The molecule has 1 aromatic rings. The molecule has 2 atom stereocenters. The highest BCUT2D eigenvalue weighted by Crippen LogP contribution is 2.24. The van der Waals surface area contributed by atoms with E-state index < -0.39 is 18.2 Å². The Morgan fingerprint density at radius 1 is 1.32 bits per heavy atom. The van der Waals surface area contributed by atoms with Crippen LogP contribution in [0.25, 0.3) is 0 Å². The van der Waals surface area contributed by atoms with Crippen molar-refractivity contribution in [2.45, 2.75) is 25.0 Å². The van der Waals surface area contributed by atoms with Crippen molar-refractivity contribution >= 4 is 5.97 Å². The molecule has 0 aliphatic rings. The lowest BCUT2D eigenvalue weighted by Gasteiger charge is -2.21. The molecule has 0 saturated heterocycles. The van der Waals surface area contributed by atoms with Gasteiger partial charge in [0.2, 0.25) is 0 Å². The van der Waals surface area contributed by atoms with Crippen LogP contribution in [0.3, 0.4) is 0 Å². The minimum atomic E-state index is -0.993. The third-order valence-electron chi connectivity index (χ3n) is 3.11. The molecule has 0 aromatic heterocycles. The van der Waals surface area contributed by atoms with Crippen molar-refractivity contribution in [1.82, 2.24) is 0 Å². The number of hydrogen-bond donors (Lipinski definition) is 3. The molecule has 1 rings (SSSR count). The van der Waals surface area contributed by atoms with E-state index in [1.54, 1.807) is 24.3 Å². The van der Waals surface area contributed by atoms with E-state index in [1.165, 1.54) is 13.2 Å². The summed E-state index contributed by atoms with van der Waals surface area (Å²) in [6.07, 6.45) is 2.38. The number of carbonyl (C=O) groups is 1. The summed E-state index contributed by atoms with van der Waals surface area (Å²) in [5.41, 5.74) is 0.686. The second-order valence-electron chi connectivity index (χ2n) is 4.68. The standard InChI is InChI=1S/C16H22O6/c1-21-14(4-2-3-5-15(18)19)16(20)12-6-8-13(9-7-12)22-11-10-17/h3,5-9,14,16-17,20H,2,4,10-11H2,1H3,(H,18,19)/b5-3+/t14-,16-/m0/s1. The van der Waals surface area contributed by atoms with E-state index in [-0.39, 0.29) is 13.2 Å². The lowest BCUT2D eigenvalue weighted by Crippen LogP contribution is -2.20. The summed E-state index contributed by atoms with van der Waals surface area (Å²) < 4.78 is 10.5. The maximum Gasteiger partial charge on any atom is 0.327 e. The average molecular weight is 310 g/mol. The fourth-order valence-corrected chi connectivity index (χ4v) is 1.99. The van der Waals surface area contributed by atoms with Crippen molar-refractivity contribution in [3.05, 3.63) is 42.0 Å². The summed E-state index contributed by atoms with van der Waals surface area (Å²) in [5.74, 6) is -0.378. The third-order valence-corrected chi connectivity index (χ3v) is 3.11. The van der Waals surface area contributed by atoms with Crippen LogP contribution in [0.1, 0.15) is 24.5 Å². The number of methoxy groups -OCH3 is 1. The van der Waals surface area contributed by atoms with E-state index in [2.05, 4.69) is 0 Å². The molecule has 0 spiro atoms. The summed E-state index contributed by atoms with van der Waals surface area (Å²) in [6.45, 7) is 0.165. The van der Waals surface area contributed by atoms with Gasteiger partial charge in [-0.05, 0) is 30.5 Å². The van der Waals surface area contributed by atoms with E-state index >= 15 is 0 Å². The molecule has 3 N–H and O–H groups in total. The number of carboxylic acids is 1. The second kappa shape index (κ2) is 9.94. The Morgan fingerprint density at radius 3 is 2.55 bits per heavy atom. The smallest absolute Gasteiger partial charge is 0.327 e. The van der Waals surface area contributed by atoms with E-state index in [0.29, 0.717) is 24.2 Å². The molecule has 1 aromatic carbocycles. The Morgan fingerprint density at radius 2 is 2.00 bits per heavy atom.